The maximum absolute atomic E-state index is 13.0. The van der Waals surface area contributed by atoms with E-state index >= 15 is 0 Å². The summed E-state index contributed by atoms with van der Waals surface area (Å²) in [5.74, 6) is -0.247. The molecule has 0 spiro atoms. The fourth-order valence-electron chi connectivity index (χ4n) is 3.14. The lowest BCUT2D eigenvalue weighted by molar-refractivity contribution is -0.139. The number of benzene rings is 2. The molecule has 2 aromatic rings. The molecule has 1 aliphatic rings. The Morgan fingerprint density at radius 3 is 2.65 bits per heavy atom. The van der Waals surface area contributed by atoms with Crippen LogP contribution >= 0.6 is 0 Å². The molecular formula is C20H21NO5. The summed E-state index contributed by atoms with van der Waals surface area (Å²) < 4.78 is 10.8. The molecule has 6 heteroatoms. The van der Waals surface area contributed by atoms with Crippen molar-refractivity contribution in [3.63, 3.8) is 0 Å². The molecular weight excluding hydrogens is 334 g/mol. The van der Waals surface area contributed by atoms with Crippen molar-refractivity contribution in [1.29, 1.82) is 0 Å². The second-order valence-corrected chi connectivity index (χ2v) is 6.15. The van der Waals surface area contributed by atoms with Crippen LogP contribution < -0.4 is 14.4 Å². The Labute approximate surface area is 152 Å². The highest BCUT2D eigenvalue weighted by Crippen LogP contribution is 2.37. The van der Waals surface area contributed by atoms with Crippen LogP contribution in [0.15, 0.2) is 42.5 Å². The van der Waals surface area contributed by atoms with E-state index in [0.29, 0.717) is 30.2 Å². The van der Waals surface area contributed by atoms with Crippen LogP contribution in [0.25, 0.3) is 0 Å². The van der Waals surface area contributed by atoms with Crippen LogP contribution in [0.4, 0.5) is 5.69 Å². The Balaban J connectivity index is 1.88. The minimum absolute atomic E-state index is 0.118. The van der Waals surface area contributed by atoms with Crippen molar-refractivity contribution in [2.75, 3.05) is 24.7 Å². The van der Waals surface area contributed by atoms with E-state index in [9.17, 15) is 9.59 Å². The molecule has 0 aliphatic carbocycles. The quantitative estimate of drug-likeness (QED) is 0.860. The molecule has 0 saturated heterocycles. The minimum atomic E-state index is -1.07. The number of nitrogens with zero attached hydrogens (tertiary/aromatic N) is 1. The molecule has 1 atom stereocenters. The van der Waals surface area contributed by atoms with E-state index < -0.39 is 12.6 Å². The Morgan fingerprint density at radius 2 is 1.92 bits per heavy atom. The smallest absolute Gasteiger partial charge is 0.341 e. The monoisotopic (exact) mass is 355 g/mol. The molecule has 1 amide bonds. The lowest BCUT2D eigenvalue weighted by Crippen LogP contribution is -2.29. The average molecular weight is 355 g/mol. The maximum Gasteiger partial charge on any atom is 0.341 e. The van der Waals surface area contributed by atoms with Gasteiger partial charge >= 0.3 is 5.97 Å². The van der Waals surface area contributed by atoms with Crippen molar-refractivity contribution in [1.82, 2.24) is 0 Å². The third-order valence-corrected chi connectivity index (χ3v) is 4.30. The van der Waals surface area contributed by atoms with Gasteiger partial charge < -0.3 is 19.5 Å². The number of carboxylic acids is 1. The third-order valence-electron chi connectivity index (χ3n) is 4.30. The zero-order valence-electron chi connectivity index (χ0n) is 14.8. The summed E-state index contributed by atoms with van der Waals surface area (Å²) in [4.78, 5) is 25.5. The molecule has 0 unspecified atom stereocenters. The molecule has 0 aromatic heterocycles. The van der Waals surface area contributed by atoms with Crippen molar-refractivity contribution in [2.24, 2.45) is 0 Å². The first-order chi connectivity index (χ1) is 12.5. The SMILES string of the molecule is CCOc1cc(C(=O)N2C[C@@H](C)c3ccccc32)ccc1OCC(=O)O. The molecule has 0 bridgehead atoms. The summed E-state index contributed by atoms with van der Waals surface area (Å²) in [5.41, 5.74) is 2.56. The van der Waals surface area contributed by atoms with Crippen molar-refractivity contribution >= 4 is 17.6 Å². The summed E-state index contributed by atoms with van der Waals surface area (Å²) in [5, 5.41) is 8.77. The van der Waals surface area contributed by atoms with E-state index in [0.717, 1.165) is 11.3 Å². The van der Waals surface area contributed by atoms with Crippen LogP contribution in [0.2, 0.25) is 0 Å². The van der Waals surface area contributed by atoms with Crippen molar-refractivity contribution in [3.05, 3.63) is 53.6 Å². The van der Waals surface area contributed by atoms with Crippen LogP contribution in [0.3, 0.4) is 0 Å². The largest absolute Gasteiger partial charge is 0.490 e. The Bertz CT molecular complexity index is 833. The predicted molar refractivity (Wildman–Crippen MR) is 97.3 cm³/mol. The first-order valence-electron chi connectivity index (χ1n) is 8.53. The molecule has 0 fully saturated rings. The molecule has 136 valence electrons. The summed E-state index contributed by atoms with van der Waals surface area (Å²) in [7, 11) is 0. The average Bonchev–Trinajstić information content (AvgIpc) is 2.97. The van der Waals surface area contributed by atoms with Gasteiger partial charge in [0, 0.05) is 23.7 Å². The van der Waals surface area contributed by atoms with Crippen molar-refractivity contribution in [2.45, 2.75) is 19.8 Å². The molecule has 6 nitrogen and oxygen atoms in total. The van der Waals surface area contributed by atoms with E-state index in [4.69, 9.17) is 14.6 Å². The molecule has 26 heavy (non-hydrogen) atoms. The van der Waals surface area contributed by atoms with Gasteiger partial charge in [-0.15, -0.1) is 0 Å². The van der Waals surface area contributed by atoms with E-state index in [-0.39, 0.29) is 11.8 Å². The van der Waals surface area contributed by atoms with Gasteiger partial charge in [0.2, 0.25) is 0 Å². The van der Waals surface area contributed by atoms with E-state index in [1.807, 2.05) is 31.2 Å². The molecule has 3 rings (SSSR count). The zero-order chi connectivity index (χ0) is 18.7. The molecule has 1 N–H and O–H groups in total. The fraction of sp³-hybridized carbons (Fsp3) is 0.300. The van der Waals surface area contributed by atoms with Crippen LogP contribution in [0.5, 0.6) is 11.5 Å². The molecule has 2 aromatic carbocycles. The lowest BCUT2D eigenvalue weighted by atomic mass is 10.0. The molecule has 0 radical (unpaired) electrons. The first-order valence-corrected chi connectivity index (χ1v) is 8.53. The first kappa shape index (κ1) is 17.8. The number of anilines is 1. The number of hydrogen-bond acceptors (Lipinski definition) is 4. The number of fused-ring (bicyclic) bond motifs is 1. The summed E-state index contributed by atoms with van der Waals surface area (Å²) in [6.45, 7) is 4.45. The Morgan fingerprint density at radius 1 is 1.15 bits per heavy atom. The van der Waals surface area contributed by atoms with Gasteiger partial charge in [-0.25, -0.2) is 4.79 Å². The molecule has 0 saturated carbocycles. The normalized spacial score (nSPS) is 15.5. The molecule has 1 heterocycles. The minimum Gasteiger partial charge on any atom is -0.490 e. The Hall–Kier alpha value is -3.02. The lowest BCUT2D eigenvalue weighted by Gasteiger charge is -2.19. The van der Waals surface area contributed by atoms with Gasteiger partial charge in [-0.2, -0.15) is 0 Å². The highest BCUT2D eigenvalue weighted by molar-refractivity contribution is 6.07. The van der Waals surface area contributed by atoms with Crippen LogP contribution in [0, 0.1) is 0 Å². The molecule has 1 aliphatic heterocycles. The van der Waals surface area contributed by atoms with Gasteiger partial charge in [0.15, 0.2) is 18.1 Å². The number of para-hydroxylation sites is 1. The Kier molecular flexibility index (Phi) is 5.11. The van der Waals surface area contributed by atoms with E-state index in [1.165, 1.54) is 0 Å². The van der Waals surface area contributed by atoms with E-state index in [1.54, 1.807) is 23.1 Å². The van der Waals surface area contributed by atoms with Gasteiger partial charge in [0.25, 0.3) is 5.91 Å². The summed E-state index contributed by atoms with van der Waals surface area (Å²) >= 11 is 0. The fourth-order valence-corrected chi connectivity index (χ4v) is 3.14. The van der Waals surface area contributed by atoms with Gasteiger partial charge in [0.1, 0.15) is 0 Å². The van der Waals surface area contributed by atoms with Gasteiger partial charge in [0.05, 0.1) is 6.61 Å². The number of carbonyl (C=O) groups is 2. The second-order valence-electron chi connectivity index (χ2n) is 6.15. The standard InChI is InChI=1S/C20H21NO5/c1-3-25-18-10-14(8-9-17(18)26-12-19(22)23)20(24)21-11-13(2)15-6-4-5-7-16(15)21/h4-10,13H,3,11-12H2,1-2H3,(H,22,23)/t13-/m1/s1. The number of ether oxygens (including phenoxy) is 2. The number of amides is 1. The van der Waals surface area contributed by atoms with Crippen molar-refractivity contribution in [3.8, 4) is 11.5 Å². The van der Waals surface area contributed by atoms with Crippen LogP contribution in [0.1, 0.15) is 35.7 Å². The highest BCUT2D eigenvalue weighted by Gasteiger charge is 2.30. The zero-order valence-corrected chi connectivity index (χ0v) is 14.8. The van der Waals surface area contributed by atoms with Gasteiger partial charge in [-0.1, -0.05) is 25.1 Å². The van der Waals surface area contributed by atoms with Crippen LogP contribution in [-0.4, -0.2) is 36.7 Å². The van der Waals surface area contributed by atoms with Crippen LogP contribution in [-0.2, 0) is 4.79 Å². The number of carbonyl (C=O) groups excluding carboxylic acids is 1. The van der Waals surface area contributed by atoms with E-state index in [2.05, 4.69) is 6.92 Å². The summed E-state index contributed by atoms with van der Waals surface area (Å²) in [6, 6.07) is 12.7. The highest BCUT2D eigenvalue weighted by atomic mass is 16.5. The number of rotatable bonds is 6. The van der Waals surface area contributed by atoms with Gasteiger partial charge in [-0.05, 0) is 36.8 Å². The third kappa shape index (κ3) is 3.49. The number of carboxylic acid groups (broad SMARTS) is 1. The summed E-state index contributed by atoms with van der Waals surface area (Å²) in [6.07, 6.45) is 0. The topological polar surface area (TPSA) is 76.1 Å². The van der Waals surface area contributed by atoms with Gasteiger partial charge in [-0.3, -0.25) is 4.79 Å². The second kappa shape index (κ2) is 7.47. The predicted octanol–water partition coefficient (Wildman–Crippen LogP) is 3.31. The number of aliphatic carboxylic acids is 1. The maximum atomic E-state index is 13.0. The van der Waals surface area contributed by atoms with Crippen molar-refractivity contribution < 1.29 is 24.2 Å². The number of hydrogen-bond donors (Lipinski definition) is 1.